The molecule has 0 aliphatic heterocycles. The Kier molecular flexibility index (Phi) is 4.12. The molecule has 2 rings (SSSR count). The number of aliphatic hydroxyl groups is 1. The maximum atomic E-state index is 10.9. The van der Waals surface area contributed by atoms with Crippen molar-refractivity contribution in [2.24, 2.45) is 0 Å². The van der Waals surface area contributed by atoms with Crippen molar-refractivity contribution in [3.05, 3.63) is 58.1 Å². The Balaban J connectivity index is 2.32. The van der Waals surface area contributed by atoms with Crippen LogP contribution in [0.2, 0.25) is 0 Å². The molecule has 0 amide bonds. The van der Waals surface area contributed by atoms with Crippen molar-refractivity contribution in [1.29, 1.82) is 0 Å². The van der Waals surface area contributed by atoms with Crippen molar-refractivity contribution < 1.29 is 14.6 Å². The lowest BCUT2D eigenvalue weighted by atomic mass is 10.2. The highest BCUT2D eigenvalue weighted by atomic mass is 79.9. The Bertz CT molecular complexity index is 567. The van der Waals surface area contributed by atoms with E-state index in [1.165, 1.54) is 0 Å². The maximum absolute atomic E-state index is 10.9. The Labute approximate surface area is 113 Å². The standard InChI is InChI=1S/C14H11BrO3/c15-12-5-4-11(9-17)14(7-12)18-13-3-1-2-10(6-13)8-16/h1-7,9,16H,8H2. The molecule has 0 atom stereocenters. The van der Waals surface area contributed by atoms with E-state index in [0.29, 0.717) is 17.1 Å². The van der Waals surface area contributed by atoms with Gasteiger partial charge in [-0.15, -0.1) is 0 Å². The number of ether oxygens (including phenoxy) is 1. The van der Waals surface area contributed by atoms with Gasteiger partial charge in [-0.2, -0.15) is 0 Å². The second-order valence-corrected chi connectivity index (χ2v) is 4.62. The number of hydrogen-bond donors (Lipinski definition) is 1. The fourth-order valence-corrected chi connectivity index (χ4v) is 1.87. The normalized spacial score (nSPS) is 10.1. The Hall–Kier alpha value is -1.65. The number of halogens is 1. The van der Waals surface area contributed by atoms with Crippen LogP contribution in [0.15, 0.2) is 46.9 Å². The smallest absolute Gasteiger partial charge is 0.153 e. The maximum Gasteiger partial charge on any atom is 0.153 e. The lowest BCUT2D eigenvalue weighted by Gasteiger charge is -2.09. The zero-order chi connectivity index (χ0) is 13.0. The van der Waals surface area contributed by atoms with Crippen molar-refractivity contribution in [2.75, 3.05) is 0 Å². The lowest BCUT2D eigenvalue weighted by molar-refractivity contribution is 0.112. The van der Waals surface area contributed by atoms with Gasteiger partial charge in [0.05, 0.1) is 12.2 Å². The molecule has 1 N–H and O–H groups in total. The minimum Gasteiger partial charge on any atom is -0.457 e. The molecule has 0 aromatic heterocycles. The minimum absolute atomic E-state index is 0.0454. The first-order valence-electron chi connectivity index (χ1n) is 5.35. The van der Waals surface area contributed by atoms with E-state index in [1.54, 1.807) is 42.5 Å². The summed E-state index contributed by atoms with van der Waals surface area (Å²) in [5, 5.41) is 9.05. The van der Waals surface area contributed by atoms with Crippen LogP contribution in [-0.4, -0.2) is 11.4 Å². The van der Waals surface area contributed by atoms with Crippen molar-refractivity contribution >= 4 is 22.2 Å². The zero-order valence-corrected chi connectivity index (χ0v) is 11.1. The summed E-state index contributed by atoms with van der Waals surface area (Å²) in [6, 6.07) is 12.3. The molecule has 2 aromatic rings. The van der Waals surface area contributed by atoms with Crippen LogP contribution in [0.25, 0.3) is 0 Å². The topological polar surface area (TPSA) is 46.5 Å². The Morgan fingerprint density at radius 3 is 2.78 bits per heavy atom. The van der Waals surface area contributed by atoms with Gasteiger partial charge >= 0.3 is 0 Å². The number of aliphatic hydroxyl groups excluding tert-OH is 1. The van der Waals surface area contributed by atoms with Gasteiger partial charge in [0.15, 0.2) is 6.29 Å². The van der Waals surface area contributed by atoms with Gasteiger partial charge in [-0.3, -0.25) is 4.79 Å². The van der Waals surface area contributed by atoms with Crippen molar-refractivity contribution in [3.8, 4) is 11.5 Å². The summed E-state index contributed by atoms with van der Waals surface area (Å²) in [4.78, 5) is 10.9. The number of aldehydes is 1. The molecule has 0 fully saturated rings. The van der Waals surface area contributed by atoms with Crippen molar-refractivity contribution in [2.45, 2.75) is 6.61 Å². The van der Waals surface area contributed by atoms with E-state index in [2.05, 4.69) is 15.9 Å². The molecule has 0 saturated heterocycles. The van der Waals surface area contributed by atoms with Gasteiger partial charge in [-0.25, -0.2) is 0 Å². The molecule has 0 spiro atoms. The average Bonchev–Trinajstić information content (AvgIpc) is 2.39. The number of carbonyl (C=O) groups is 1. The van der Waals surface area contributed by atoms with E-state index >= 15 is 0 Å². The fourth-order valence-electron chi connectivity index (χ4n) is 1.53. The van der Waals surface area contributed by atoms with Gasteiger partial charge in [-0.05, 0) is 35.9 Å². The third-order valence-corrected chi connectivity index (χ3v) is 2.90. The summed E-state index contributed by atoms with van der Waals surface area (Å²) >= 11 is 3.33. The summed E-state index contributed by atoms with van der Waals surface area (Å²) in [7, 11) is 0. The molecule has 92 valence electrons. The van der Waals surface area contributed by atoms with Gasteiger partial charge in [0.2, 0.25) is 0 Å². The molecule has 0 aliphatic carbocycles. The molecule has 0 bridgehead atoms. The van der Waals surface area contributed by atoms with Gasteiger partial charge in [0.1, 0.15) is 11.5 Å². The van der Waals surface area contributed by atoms with E-state index in [1.807, 2.05) is 0 Å². The summed E-state index contributed by atoms with van der Waals surface area (Å²) in [5.41, 5.74) is 1.24. The average molecular weight is 307 g/mol. The van der Waals surface area contributed by atoms with Crippen LogP contribution in [0.4, 0.5) is 0 Å². The quantitative estimate of drug-likeness (QED) is 0.879. The SMILES string of the molecule is O=Cc1ccc(Br)cc1Oc1cccc(CO)c1. The molecule has 0 saturated carbocycles. The highest BCUT2D eigenvalue weighted by molar-refractivity contribution is 9.10. The minimum atomic E-state index is -0.0454. The molecule has 0 unspecified atom stereocenters. The van der Waals surface area contributed by atoms with Crippen molar-refractivity contribution in [1.82, 2.24) is 0 Å². The first kappa shape index (κ1) is 12.8. The van der Waals surface area contributed by atoms with Gasteiger partial charge < -0.3 is 9.84 Å². The highest BCUT2D eigenvalue weighted by Crippen LogP contribution is 2.28. The van der Waals surface area contributed by atoms with Crippen LogP contribution in [0, 0.1) is 0 Å². The zero-order valence-electron chi connectivity index (χ0n) is 9.47. The first-order chi connectivity index (χ1) is 8.72. The summed E-state index contributed by atoms with van der Waals surface area (Å²) in [6.45, 7) is -0.0454. The molecule has 0 heterocycles. The van der Waals surface area contributed by atoms with Gasteiger partial charge in [0.25, 0.3) is 0 Å². The number of carbonyl (C=O) groups excluding carboxylic acids is 1. The monoisotopic (exact) mass is 306 g/mol. The third-order valence-electron chi connectivity index (χ3n) is 2.41. The largest absolute Gasteiger partial charge is 0.457 e. The molecule has 2 aromatic carbocycles. The molecule has 0 radical (unpaired) electrons. The second-order valence-electron chi connectivity index (χ2n) is 3.71. The van der Waals surface area contributed by atoms with Crippen LogP contribution >= 0.6 is 15.9 Å². The highest BCUT2D eigenvalue weighted by Gasteiger charge is 2.05. The molecular formula is C14H11BrO3. The molecule has 3 nitrogen and oxygen atoms in total. The molecule has 0 aliphatic rings. The van der Waals surface area contributed by atoms with E-state index in [4.69, 9.17) is 9.84 Å². The second kappa shape index (κ2) is 5.80. The summed E-state index contributed by atoms with van der Waals surface area (Å²) < 4.78 is 6.49. The van der Waals surface area contributed by atoms with E-state index in [0.717, 1.165) is 16.3 Å². The van der Waals surface area contributed by atoms with Crippen LogP contribution in [0.1, 0.15) is 15.9 Å². The first-order valence-corrected chi connectivity index (χ1v) is 6.14. The van der Waals surface area contributed by atoms with Crippen molar-refractivity contribution in [3.63, 3.8) is 0 Å². The number of hydrogen-bond acceptors (Lipinski definition) is 3. The fraction of sp³-hybridized carbons (Fsp3) is 0.0714. The summed E-state index contributed by atoms with van der Waals surface area (Å²) in [6.07, 6.45) is 0.748. The van der Waals surface area contributed by atoms with Crippen LogP contribution < -0.4 is 4.74 Å². The summed E-state index contributed by atoms with van der Waals surface area (Å²) in [5.74, 6) is 1.07. The van der Waals surface area contributed by atoms with Crippen LogP contribution in [0.3, 0.4) is 0 Å². The third kappa shape index (κ3) is 2.97. The van der Waals surface area contributed by atoms with Gasteiger partial charge in [0, 0.05) is 4.47 Å². The predicted octanol–water partition coefficient (Wildman–Crippen LogP) is 3.55. The molecule has 4 heteroatoms. The number of rotatable bonds is 4. The number of benzene rings is 2. The van der Waals surface area contributed by atoms with E-state index < -0.39 is 0 Å². The van der Waals surface area contributed by atoms with E-state index in [-0.39, 0.29) is 6.61 Å². The van der Waals surface area contributed by atoms with Crippen LogP contribution in [0.5, 0.6) is 11.5 Å². The van der Waals surface area contributed by atoms with Gasteiger partial charge in [-0.1, -0.05) is 28.1 Å². The Morgan fingerprint density at radius 1 is 1.22 bits per heavy atom. The molecular weight excluding hydrogens is 296 g/mol. The van der Waals surface area contributed by atoms with Crippen LogP contribution in [-0.2, 0) is 6.61 Å². The Morgan fingerprint density at radius 2 is 2.06 bits per heavy atom. The molecule has 18 heavy (non-hydrogen) atoms. The van der Waals surface area contributed by atoms with E-state index in [9.17, 15) is 4.79 Å². The predicted molar refractivity (Wildman–Crippen MR) is 72.0 cm³/mol. The lowest BCUT2D eigenvalue weighted by Crippen LogP contribution is -1.91.